The first-order valence-electron chi connectivity index (χ1n) is 5.88. The van der Waals surface area contributed by atoms with Crippen LogP contribution >= 0.6 is 11.6 Å². The summed E-state index contributed by atoms with van der Waals surface area (Å²) in [5, 5.41) is 14.7. The molecular weight excluding hydrogens is 278 g/mol. The van der Waals surface area contributed by atoms with Crippen LogP contribution in [0.5, 0.6) is 0 Å². The number of anilines is 1. The van der Waals surface area contributed by atoms with Crippen LogP contribution in [0.3, 0.4) is 0 Å². The monoisotopic (exact) mass is 289 g/mol. The number of benzene rings is 1. The predicted octanol–water partition coefficient (Wildman–Crippen LogP) is 2.78. The van der Waals surface area contributed by atoms with Crippen LogP contribution in [0.1, 0.15) is 21.9 Å². The maximum absolute atomic E-state index is 11.6. The van der Waals surface area contributed by atoms with E-state index in [0.29, 0.717) is 22.9 Å². The zero-order chi connectivity index (χ0) is 14.5. The van der Waals surface area contributed by atoms with E-state index in [9.17, 15) is 4.79 Å². The fourth-order valence-electron chi connectivity index (χ4n) is 1.67. The number of carbonyl (C=O) groups is 1. The standard InChI is InChI=1S/C14H12ClN3O2/c1-17-14(19)12-6-9(2-5-13(12)15)18-8-11-4-3-10(7-16)20-11/h2-6,18H,8H2,1H3,(H,17,19). The Kier molecular flexibility index (Phi) is 4.28. The van der Waals surface area contributed by atoms with Gasteiger partial charge in [0, 0.05) is 12.7 Å². The summed E-state index contributed by atoms with van der Waals surface area (Å²) >= 11 is 5.97. The maximum atomic E-state index is 11.6. The Morgan fingerprint density at radius 1 is 1.40 bits per heavy atom. The van der Waals surface area contributed by atoms with Crippen molar-refractivity contribution in [2.24, 2.45) is 0 Å². The van der Waals surface area contributed by atoms with E-state index in [1.165, 1.54) is 0 Å². The van der Waals surface area contributed by atoms with Crippen molar-refractivity contribution in [3.63, 3.8) is 0 Å². The Balaban J connectivity index is 2.10. The molecule has 2 N–H and O–H groups in total. The molecule has 2 rings (SSSR count). The molecule has 0 saturated carbocycles. The molecule has 2 aromatic rings. The first-order valence-corrected chi connectivity index (χ1v) is 6.26. The highest BCUT2D eigenvalue weighted by atomic mass is 35.5. The number of carbonyl (C=O) groups excluding carboxylic acids is 1. The number of amides is 1. The Hall–Kier alpha value is -2.45. The van der Waals surface area contributed by atoms with Gasteiger partial charge >= 0.3 is 0 Å². The molecule has 0 radical (unpaired) electrons. The highest BCUT2D eigenvalue weighted by Gasteiger charge is 2.09. The highest BCUT2D eigenvalue weighted by molar-refractivity contribution is 6.34. The van der Waals surface area contributed by atoms with Crippen LogP contribution in [0.2, 0.25) is 5.02 Å². The second kappa shape index (κ2) is 6.13. The summed E-state index contributed by atoms with van der Waals surface area (Å²) in [6.07, 6.45) is 0. The van der Waals surface area contributed by atoms with Gasteiger partial charge in [0.05, 0.1) is 17.1 Å². The lowest BCUT2D eigenvalue weighted by Crippen LogP contribution is -2.18. The summed E-state index contributed by atoms with van der Waals surface area (Å²) in [5.41, 5.74) is 1.14. The molecule has 0 saturated heterocycles. The number of hydrogen-bond donors (Lipinski definition) is 2. The summed E-state index contributed by atoms with van der Waals surface area (Å²) in [7, 11) is 1.55. The molecule has 1 aromatic heterocycles. The molecule has 0 fully saturated rings. The summed E-state index contributed by atoms with van der Waals surface area (Å²) in [6.45, 7) is 0.413. The quantitative estimate of drug-likeness (QED) is 0.907. The third kappa shape index (κ3) is 3.11. The molecule has 102 valence electrons. The van der Waals surface area contributed by atoms with Gasteiger partial charge in [0.25, 0.3) is 5.91 Å². The van der Waals surface area contributed by atoms with Crippen molar-refractivity contribution < 1.29 is 9.21 Å². The highest BCUT2D eigenvalue weighted by Crippen LogP contribution is 2.21. The SMILES string of the molecule is CNC(=O)c1cc(NCc2ccc(C#N)o2)ccc1Cl. The lowest BCUT2D eigenvalue weighted by molar-refractivity contribution is 0.0963. The van der Waals surface area contributed by atoms with Crippen molar-refractivity contribution >= 4 is 23.2 Å². The van der Waals surface area contributed by atoms with Gasteiger partial charge in [0.2, 0.25) is 5.76 Å². The van der Waals surface area contributed by atoms with Crippen molar-refractivity contribution in [3.05, 3.63) is 52.4 Å². The fourth-order valence-corrected chi connectivity index (χ4v) is 1.87. The van der Waals surface area contributed by atoms with Crippen molar-refractivity contribution in [1.82, 2.24) is 5.32 Å². The van der Waals surface area contributed by atoms with Gasteiger partial charge in [-0.15, -0.1) is 0 Å². The largest absolute Gasteiger partial charge is 0.449 e. The topological polar surface area (TPSA) is 78.1 Å². The van der Waals surface area contributed by atoms with Gasteiger partial charge in [0.1, 0.15) is 11.8 Å². The number of hydrogen-bond acceptors (Lipinski definition) is 4. The maximum Gasteiger partial charge on any atom is 0.252 e. The Morgan fingerprint density at radius 3 is 2.85 bits per heavy atom. The molecule has 1 heterocycles. The van der Waals surface area contributed by atoms with E-state index >= 15 is 0 Å². The summed E-state index contributed by atoms with van der Waals surface area (Å²) < 4.78 is 5.25. The fraction of sp³-hybridized carbons (Fsp3) is 0.143. The van der Waals surface area contributed by atoms with Gasteiger partial charge in [-0.2, -0.15) is 5.26 Å². The average molecular weight is 290 g/mol. The van der Waals surface area contributed by atoms with Gasteiger partial charge in [-0.25, -0.2) is 0 Å². The summed E-state index contributed by atoms with van der Waals surface area (Å²) in [6, 6.07) is 10.3. The molecule has 6 heteroatoms. The summed E-state index contributed by atoms with van der Waals surface area (Å²) in [5.74, 6) is 0.658. The molecule has 20 heavy (non-hydrogen) atoms. The lowest BCUT2D eigenvalue weighted by atomic mass is 10.2. The number of rotatable bonds is 4. The van der Waals surface area contributed by atoms with Crippen LogP contribution in [0.4, 0.5) is 5.69 Å². The molecule has 0 aliphatic rings. The second-order valence-corrected chi connectivity index (χ2v) is 4.41. The minimum Gasteiger partial charge on any atom is -0.449 e. The Bertz CT molecular complexity index is 673. The third-order valence-corrected chi connectivity index (χ3v) is 3.01. The minimum absolute atomic E-state index is 0.247. The smallest absolute Gasteiger partial charge is 0.252 e. The van der Waals surface area contributed by atoms with E-state index in [1.54, 1.807) is 37.4 Å². The third-order valence-electron chi connectivity index (χ3n) is 2.68. The van der Waals surface area contributed by atoms with Crippen LogP contribution in [0, 0.1) is 11.3 Å². The van der Waals surface area contributed by atoms with E-state index in [4.69, 9.17) is 21.3 Å². The molecule has 0 atom stereocenters. The molecule has 0 unspecified atom stereocenters. The molecule has 0 aliphatic carbocycles. The number of nitriles is 1. The van der Waals surface area contributed by atoms with E-state index < -0.39 is 0 Å². The van der Waals surface area contributed by atoms with Crippen LogP contribution in [0.25, 0.3) is 0 Å². The van der Waals surface area contributed by atoms with Crippen LogP contribution in [0.15, 0.2) is 34.7 Å². The Labute approximate surface area is 121 Å². The number of halogens is 1. The van der Waals surface area contributed by atoms with Crippen molar-refractivity contribution in [1.29, 1.82) is 5.26 Å². The van der Waals surface area contributed by atoms with Gasteiger partial charge in [0.15, 0.2) is 0 Å². The number of furan rings is 1. The van der Waals surface area contributed by atoms with E-state index in [-0.39, 0.29) is 11.7 Å². The normalized spacial score (nSPS) is 9.85. The zero-order valence-electron chi connectivity index (χ0n) is 10.7. The number of nitrogens with one attached hydrogen (secondary N) is 2. The van der Waals surface area contributed by atoms with Crippen molar-refractivity contribution in [2.45, 2.75) is 6.54 Å². The first-order chi connectivity index (χ1) is 9.63. The van der Waals surface area contributed by atoms with Crippen LogP contribution < -0.4 is 10.6 Å². The molecule has 1 aromatic carbocycles. The van der Waals surface area contributed by atoms with E-state index in [2.05, 4.69) is 10.6 Å². The lowest BCUT2D eigenvalue weighted by Gasteiger charge is -2.08. The number of nitrogens with zero attached hydrogens (tertiary/aromatic N) is 1. The predicted molar refractivity (Wildman–Crippen MR) is 75.6 cm³/mol. The van der Waals surface area contributed by atoms with Gasteiger partial charge in [-0.3, -0.25) is 4.79 Å². The van der Waals surface area contributed by atoms with E-state index in [0.717, 1.165) is 5.69 Å². The molecule has 0 spiro atoms. The minimum atomic E-state index is -0.247. The first kappa shape index (κ1) is 14.0. The van der Waals surface area contributed by atoms with Crippen LogP contribution in [-0.2, 0) is 6.54 Å². The van der Waals surface area contributed by atoms with Crippen molar-refractivity contribution in [2.75, 3.05) is 12.4 Å². The van der Waals surface area contributed by atoms with Gasteiger partial charge < -0.3 is 15.1 Å². The molecule has 1 amide bonds. The molecular formula is C14H12ClN3O2. The zero-order valence-corrected chi connectivity index (χ0v) is 11.5. The van der Waals surface area contributed by atoms with Crippen LogP contribution in [-0.4, -0.2) is 13.0 Å². The summed E-state index contributed by atoms with van der Waals surface area (Å²) in [4.78, 5) is 11.6. The molecule has 5 nitrogen and oxygen atoms in total. The van der Waals surface area contributed by atoms with Gasteiger partial charge in [-0.1, -0.05) is 11.6 Å². The van der Waals surface area contributed by atoms with Crippen molar-refractivity contribution in [3.8, 4) is 6.07 Å². The average Bonchev–Trinajstić information content (AvgIpc) is 2.93. The Morgan fingerprint density at radius 2 is 2.20 bits per heavy atom. The van der Waals surface area contributed by atoms with Gasteiger partial charge in [-0.05, 0) is 30.3 Å². The molecule has 0 bridgehead atoms. The molecule has 0 aliphatic heterocycles. The van der Waals surface area contributed by atoms with E-state index in [1.807, 2.05) is 6.07 Å². The second-order valence-electron chi connectivity index (χ2n) is 4.01.